The van der Waals surface area contributed by atoms with Crippen LogP contribution in [0, 0.1) is 69.1 Å². The first-order valence-corrected chi connectivity index (χ1v) is 31.3. The smallest absolute Gasteiger partial charge is 0.232 e. The lowest BCUT2D eigenvalue weighted by atomic mass is 9.52. The van der Waals surface area contributed by atoms with Crippen LogP contribution in [0.4, 0.5) is 17.1 Å². The molecule has 3 aromatic carbocycles. The molecule has 12 heteroatoms. The molecule has 0 aromatic heterocycles. The third kappa shape index (κ3) is 9.82. The van der Waals surface area contributed by atoms with Gasteiger partial charge in [-0.1, -0.05) is 78.6 Å². The lowest BCUT2D eigenvalue weighted by Gasteiger charge is -2.61. The predicted octanol–water partition coefficient (Wildman–Crippen LogP) is 13.2. The summed E-state index contributed by atoms with van der Waals surface area (Å²) in [5.41, 5.74) is 11.4. The van der Waals surface area contributed by atoms with Gasteiger partial charge in [0.1, 0.15) is 17.1 Å². The highest BCUT2D eigenvalue weighted by Gasteiger charge is 2.69. The summed E-state index contributed by atoms with van der Waals surface area (Å²) >= 11 is 0. The molecule has 0 unspecified atom stereocenters. The molecule has 7 aliphatic rings. The Labute approximate surface area is 462 Å². The summed E-state index contributed by atoms with van der Waals surface area (Å²) in [4.78, 5) is 19.5. The topological polar surface area (TPSA) is 107 Å². The highest BCUT2D eigenvalue weighted by molar-refractivity contribution is 7.92. The Balaban J connectivity index is 0.976. The van der Waals surface area contributed by atoms with Gasteiger partial charge < -0.3 is 33.5 Å². The number of methoxy groups -OCH3 is 2. The zero-order valence-electron chi connectivity index (χ0n) is 48.9. The third-order valence-electron chi connectivity index (χ3n) is 19.9. The number of amides is 1. The molecule has 3 fully saturated rings. The second kappa shape index (κ2) is 21.7. The molecule has 10 rings (SSSR count). The Morgan fingerprint density at radius 3 is 2.21 bits per heavy atom. The third-order valence-corrected chi connectivity index (χ3v) is 21.1. The first kappa shape index (κ1) is 55.5. The van der Waals surface area contributed by atoms with E-state index in [9.17, 15) is 13.2 Å². The van der Waals surface area contributed by atoms with Crippen molar-refractivity contribution in [1.82, 2.24) is 0 Å². The van der Waals surface area contributed by atoms with Crippen LogP contribution in [0.1, 0.15) is 176 Å². The van der Waals surface area contributed by atoms with Gasteiger partial charge in [-0.2, -0.15) is 0 Å². The van der Waals surface area contributed by atoms with E-state index in [0.29, 0.717) is 56.2 Å². The largest absolute Gasteiger partial charge is 0.493 e. The van der Waals surface area contributed by atoms with Gasteiger partial charge in [-0.3, -0.25) is 9.10 Å². The van der Waals surface area contributed by atoms with Gasteiger partial charge in [-0.05, 0) is 168 Å². The van der Waals surface area contributed by atoms with Crippen LogP contribution in [0.15, 0.2) is 30.0 Å². The lowest BCUT2D eigenvalue weighted by molar-refractivity contribution is -0.131. The van der Waals surface area contributed by atoms with Crippen molar-refractivity contribution in [3.05, 3.63) is 74.5 Å². The number of anilines is 3. The molecule has 1 aliphatic carbocycles. The molecule has 11 nitrogen and oxygen atoms in total. The van der Waals surface area contributed by atoms with Crippen LogP contribution < -0.4 is 33.1 Å². The van der Waals surface area contributed by atoms with E-state index in [2.05, 4.69) is 102 Å². The highest BCUT2D eigenvalue weighted by Crippen LogP contribution is 2.66. The van der Waals surface area contributed by atoms with E-state index in [0.717, 1.165) is 112 Å². The Hall–Kier alpha value is -4.86. The fraction of sp³-hybridized carbons (Fsp3) is 0.646. The minimum Gasteiger partial charge on any atom is -0.493 e. The SMILES string of the molecule is CC#Cc1c(C)c(N2C=C3CCO[C@H]4CC(=O)N5c6cc(OC)c(OC)cc6[C@@]6(CCOc7c(C)c(C)c8c(c7C)CC[C@@](C)(CCC[C@H](C)CCC[C@H](C)CCCC(C)C)O8)[C@@H]5[C@H]4[C@@H]3C[C@@H]26)cc2c1CCN2S(C)(=O)=O. The maximum Gasteiger partial charge on any atom is 0.232 e. The van der Waals surface area contributed by atoms with Gasteiger partial charge >= 0.3 is 0 Å². The fourth-order valence-corrected chi connectivity index (χ4v) is 16.7. The van der Waals surface area contributed by atoms with Gasteiger partial charge in [0, 0.05) is 53.0 Å². The van der Waals surface area contributed by atoms with E-state index in [1.807, 2.05) is 13.0 Å². The van der Waals surface area contributed by atoms with Crippen molar-refractivity contribution in [2.45, 2.75) is 201 Å². The fourth-order valence-electron chi connectivity index (χ4n) is 15.7. The van der Waals surface area contributed by atoms with Crippen molar-refractivity contribution in [1.29, 1.82) is 0 Å². The number of sulfonamides is 1. The Morgan fingerprint density at radius 1 is 0.818 bits per heavy atom. The van der Waals surface area contributed by atoms with Crippen LogP contribution in [-0.4, -0.2) is 78.3 Å². The second-order valence-electron chi connectivity index (χ2n) is 25.3. The second-order valence-corrected chi connectivity index (χ2v) is 27.2. The summed E-state index contributed by atoms with van der Waals surface area (Å²) in [6, 6.07) is 5.82. The summed E-state index contributed by atoms with van der Waals surface area (Å²) in [5, 5.41) is 0. The first-order valence-electron chi connectivity index (χ1n) is 29.5. The van der Waals surface area contributed by atoms with Gasteiger partial charge in [0.05, 0.1) is 63.6 Å². The Morgan fingerprint density at radius 2 is 1.52 bits per heavy atom. The van der Waals surface area contributed by atoms with Crippen molar-refractivity contribution in [3.63, 3.8) is 0 Å². The van der Waals surface area contributed by atoms with Crippen molar-refractivity contribution >= 4 is 33.0 Å². The molecular formula is C65H89N3O8S. The predicted molar refractivity (Wildman–Crippen MR) is 310 cm³/mol. The van der Waals surface area contributed by atoms with E-state index < -0.39 is 15.4 Å². The maximum absolute atomic E-state index is 15.0. The summed E-state index contributed by atoms with van der Waals surface area (Å²) in [6.07, 6.45) is 19.9. The Bertz CT molecular complexity index is 2990. The number of hydrogen-bond donors (Lipinski definition) is 0. The van der Waals surface area contributed by atoms with Gasteiger partial charge in [0.2, 0.25) is 15.9 Å². The number of nitrogens with zero attached hydrogens (tertiary/aromatic N) is 3. The number of carbonyl (C=O) groups is 1. The average Bonchev–Trinajstić information content (AvgIpc) is 3.98. The van der Waals surface area contributed by atoms with Crippen molar-refractivity contribution in [2.75, 3.05) is 54.3 Å². The number of benzene rings is 3. The molecule has 0 radical (unpaired) electrons. The van der Waals surface area contributed by atoms with Gasteiger partial charge in [0.15, 0.2) is 11.5 Å². The van der Waals surface area contributed by atoms with Crippen molar-refractivity contribution in [3.8, 4) is 34.8 Å². The van der Waals surface area contributed by atoms with E-state index >= 15 is 0 Å². The first-order chi connectivity index (χ1) is 36.7. The molecule has 1 saturated carbocycles. The highest BCUT2D eigenvalue weighted by atomic mass is 32.2. The molecule has 3 aromatic rings. The molecule has 0 N–H and O–H groups in total. The minimum atomic E-state index is -3.57. The Kier molecular flexibility index (Phi) is 15.6. The zero-order chi connectivity index (χ0) is 54.9. The van der Waals surface area contributed by atoms with E-state index in [-0.39, 0.29) is 41.5 Å². The van der Waals surface area contributed by atoms with Crippen LogP contribution in [-0.2, 0) is 37.8 Å². The molecule has 418 valence electrons. The zero-order valence-corrected chi connectivity index (χ0v) is 49.7. The van der Waals surface area contributed by atoms with Crippen molar-refractivity contribution in [2.24, 2.45) is 29.6 Å². The number of rotatable bonds is 20. The minimum absolute atomic E-state index is 0.0369. The van der Waals surface area contributed by atoms with Crippen LogP contribution in [0.2, 0.25) is 0 Å². The molecule has 9 atom stereocenters. The summed E-state index contributed by atoms with van der Waals surface area (Å²) in [5.74, 6) is 12.4. The molecule has 6 heterocycles. The number of fused-ring (bicyclic) bond motifs is 7. The van der Waals surface area contributed by atoms with Crippen LogP contribution in [0.25, 0.3) is 0 Å². The van der Waals surface area contributed by atoms with Crippen LogP contribution >= 0.6 is 0 Å². The monoisotopic (exact) mass is 1070 g/mol. The molecule has 1 amide bonds. The van der Waals surface area contributed by atoms with Crippen molar-refractivity contribution < 1.29 is 36.9 Å². The molecule has 77 heavy (non-hydrogen) atoms. The molecule has 6 aliphatic heterocycles. The quantitative estimate of drug-likeness (QED) is 0.102. The number of ether oxygens (including phenoxy) is 5. The normalized spacial score (nSPS) is 26.5. The van der Waals surface area contributed by atoms with Gasteiger partial charge in [-0.25, -0.2) is 8.42 Å². The number of carbonyl (C=O) groups excluding carboxylic acids is 1. The number of hydrogen-bond acceptors (Lipinski definition) is 9. The van der Waals surface area contributed by atoms with Gasteiger partial charge in [0.25, 0.3) is 0 Å². The lowest BCUT2D eigenvalue weighted by Crippen LogP contribution is -2.71. The summed E-state index contributed by atoms with van der Waals surface area (Å²) in [7, 11) is -0.244. The molecule has 2 saturated heterocycles. The van der Waals surface area contributed by atoms with Crippen LogP contribution in [0.5, 0.6) is 23.0 Å². The molecular weight excluding hydrogens is 983 g/mol. The van der Waals surface area contributed by atoms with E-state index in [1.54, 1.807) is 18.5 Å². The summed E-state index contributed by atoms with van der Waals surface area (Å²) in [6.45, 7) is 23.8. The number of piperidine rings is 1. The average molecular weight is 1070 g/mol. The molecule has 2 bridgehead atoms. The van der Waals surface area contributed by atoms with E-state index in [1.165, 1.54) is 68.8 Å². The maximum atomic E-state index is 15.0. The standard InChI is InChI=1S/C65H89N3O8S/c1-14-18-47-44(8)52(35-53-49(47)25-30-67(53)77(13,70)71)66-38-46-26-31-74-57-37-59(69)68-54-36-56(73-12)55(72-11)34-51(54)65(58(66)33-50(46)60(57)63(65)68)29-32-75-61-42(6)43(7)62-48(45(61)9)24-28-64(10,76-62)27-17-23-41(5)22-16-21-40(4)20-15-19-39(2)3/h34-36,38-41,50,57-58,60,63H,15-17,19-33,37H2,1-13H3/t40-,41-,50-,57+,58-,60+,63+,64-,65-/m1/s1. The summed E-state index contributed by atoms with van der Waals surface area (Å²) < 4.78 is 61.8. The van der Waals surface area contributed by atoms with Crippen LogP contribution in [0.3, 0.4) is 0 Å². The molecule has 0 spiro atoms. The van der Waals surface area contributed by atoms with Gasteiger partial charge in [-0.15, -0.1) is 5.92 Å². The van der Waals surface area contributed by atoms with E-state index in [4.69, 9.17) is 23.7 Å².